The zero-order valence-electron chi connectivity index (χ0n) is 19.9. The van der Waals surface area contributed by atoms with E-state index in [0.29, 0.717) is 34.9 Å². The maximum atomic E-state index is 12.0. The molecule has 0 amide bonds. The van der Waals surface area contributed by atoms with Gasteiger partial charge in [0, 0.05) is 51.8 Å². The van der Waals surface area contributed by atoms with Crippen LogP contribution in [0.1, 0.15) is 28.7 Å². The maximum Gasteiger partial charge on any atom is 0.323 e. The molecule has 11 heteroatoms. The normalized spacial score (nSPS) is 11.5. The third-order valence-electron chi connectivity index (χ3n) is 5.37. The van der Waals surface area contributed by atoms with E-state index in [9.17, 15) is 13.8 Å². The molecule has 0 saturated heterocycles. The second-order valence-electron chi connectivity index (χ2n) is 7.65. The van der Waals surface area contributed by atoms with Gasteiger partial charge in [-0.1, -0.05) is 6.92 Å². The Hall–Kier alpha value is -4.38. The Balaban J connectivity index is 0.000000174. The van der Waals surface area contributed by atoms with Crippen LogP contribution in [0.2, 0.25) is 0 Å². The van der Waals surface area contributed by atoms with Gasteiger partial charge >= 0.3 is 5.69 Å². The van der Waals surface area contributed by atoms with Gasteiger partial charge in [0.2, 0.25) is 5.78 Å². The van der Waals surface area contributed by atoms with Gasteiger partial charge in [0.1, 0.15) is 17.3 Å². The number of fused-ring (bicyclic) bond motifs is 1. The van der Waals surface area contributed by atoms with E-state index in [4.69, 9.17) is 4.74 Å². The number of aromatic nitrogens is 6. The summed E-state index contributed by atoms with van der Waals surface area (Å²) in [4.78, 5) is 44.6. The van der Waals surface area contributed by atoms with Gasteiger partial charge in [0.15, 0.2) is 0 Å². The highest BCUT2D eigenvalue weighted by molar-refractivity contribution is 7.84. The molecule has 0 radical (unpaired) electrons. The minimum absolute atomic E-state index is 0.197. The van der Waals surface area contributed by atoms with Gasteiger partial charge in [0.05, 0.1) is 29.9 Å². The van der Waals surface area contributed by atoms with Gasteiger partial charge in [-0.25, -0.2) is 9.78 Å². The minimum Gasteiger partial charge on any atom is -0.496 e. The number of ether oxygens (including phenoxy) is 1. The highest BCUT2D eigenvalue weighted by Gasteiger charge is 2.16. The van der Waals surface area contributed by atoms with E-state index in [2.05, 4.69) is 29.9 Å². The van der Waals surface area contributed by atoms with Crippen LogP contribution in [-0.4, -0.2) is 53.3 Å². The lowest BCUT2D eigenvalue weighted by Crippen LogP contribution is -2.07. The molecule has 0 fully saturated rings. The maximum absolute atomic E-state index is 12.0. The van der Waals surface area contributed by atoms with E-state index in [1.807, 2.05) is 25.1 Å². The summed E-state index contributed by atoms with van der Waals surface area (Å²) >= 11 is 0. The van der Waals surface area contributed by atoms with Crippen molar-refractivity contribution in [2.45, 2.75) is 18.2 Å². The molecule has 184 valence electrons. The summed E-state index contributed by atoms with van der Waals surface area (Å²) < 4.78 is 16.9. The van der Waals surface area contributed by atoms with Gasteiger partial charge in [-0.3, -0.25) is 19.0 Å². The molecule has 0 aliphatic rings. The van der Waals surface area contributed by atoms with Gasteiger partial charge in [0.25, 0.3) is 0 Å². The number of hydrogen-bond donors (Lipinski definition) is 3. The number of aromatic amines is 3. The van der Waals surface area contributed by atoms with E-state index >= 15 is 0 Å². The highest BCUT2D eigenvalue weighted by Crippen LogP contribution is 2.31. The Labute approximate surface area is 208 Å². The molecule has 1 unspecified atom stereocenters. The second-order valence-corrected chi connectivity index (χ2v) is 9.03. The van der Waals surface area contributed by atoms with Crippen LogP contribution in [0.25, 0.3) is 22.4 Å². The number of nitrogens with zero attached hydrogens (tertiary/aromatic N) is 3. The molecule has 3 N–H and O–H groups in total. The Kier molecular flexibility index (Phi) is 7.50. The van der Waals surface area contributed by atoms with E-state index in [0.717, 1.165) is 21.5 Å². The van der Waals surface area contributed by atoms with E-state index in [1.165, 1.54) is 0 Å². The summed E-state index contributed by atoms with van der Waals surface area (Å²) in [6, 6.07) is 10.5. The molecular formula is C25H24N6O4S. The van der Waals surface area contributed by atoms with Crippen LogP contribution in [-0.2, 0) is 17.2 Å². The molecule has 36 heavy (non-hydrogen) atoms. The van der Waals surface area contributed by atoms with E-state index < -0.39 is 10.8 Å². The number of aryl methyl sites for hydroxylation is 1. The quantitative estimate of drug-likeness (QED) is 0.301. The molecule has 5 aromatic rings. The fraction of sp³-hybridized carbons (Fsp3) is 0.160. The molecule has 1 aromatic carbocycles. The number of methoxy groups -OCH3 is 1. The van der Waals surface area contributed by atoms with Crippen molar-refractivity contribution in [1.29, 1.82) is 0 Å². The van der Waals surface area contributed by atoms with Crippen molar-refractivity contribution < 1.29 is 13.7 Å². The molecule has 10 nitrogen and oxygen atoms in total. The first-order chi connectivity index (χ1) is 17.4. The van der Waals surface area contributed by atoms with Gasteiger partial charge < -0.3 is 19.7 Å². The predicted molar refractivity (Wildman–Crippen MR) is 137 cm³/mol. The van der Waals surface area contributed by atoms with Crippen molar-refractivity contribution in [1.82, 2.24) is 29.9 Å². The SMILES string of the molecule is CCc1[nH]c(=O)[nH]c1C(=O)c1ccncc1.COc1cc(S(C)=O)ccc1-c1nc2ccncc2[nH]1. The fourth-order valence-electron chi connectivity index (χ4n) is 3.56. The first kappa shape index (κ1) is 24.7. The number of nitrogens with one attached hydrogen (secondary N) is 3. The first-order valence-electron chi connectivity index (χ1n) is 11.0. The zero-order chi connectivity index (χ0) is 25.7. The number of H-pyrrole nitrogens is 3. The third kappa shape index (κ3) is 5.31. The summed E-state index contributed by atoms with van der Waals surface area (Å²) in [5, 5.41) is 0. The topological polar surface area (TPSA) is 146 Å². The fourth-order valence-corrected chi connectivity index (χ4v) is 4.09. The average Bonchev–Trinajstić information content (AvgIpc) is 3.51. The molecule has 1 atom stereocenters. The second kappa shape index (κ2) is 10.9. The number of benzene rings is 1. The molecule has 0 saturated carbocycles. The average molecular weight is 505 g/mol. The minimum atomic E-state index is -1.04. The van der Waals surface area contributed by atoms with Crippen LogP contribution in [0, 0.1) is 0 Å². The lowest BCUT2D eigenvalue weighted by atomic mass is 10.1. The lowest BCUT2D eigenvalue weighted by Gasteiger charge is -2.07. The standard InChI is InChI=1S/C14H13N3O2S.C11H11N3O2/c1-19-13-7-9(20(2)18)3-4-10(13)14-16-11-5-6-15-8-12(11)17-14;1-2-8-9(14-11(16)13-8)10(15)7-3-5-12-6-4-7/h3-8H,1-2H3,(H,16,17);3-6H,2H2,1H3,(H2,13,14,16). The molecule has 0 bridgehead atoms. The number of rotatable bonds is 6. The Bertz CT molecular complexity index is 1560. The van der Waals surface area contributed by atoms with Crippen LogP contribution in [0.15, 0.2) is 70.9 Å². The third-order valence-corrected chi connectivity index (χ3v) is 6.29. The predicted octanol–water partition coefficient (Wildman–Crippen LogP) is 3.26. The highest BCUT2D eigenvalue weighted by atomic mass is 32.2. The summed E-state index contributed by atoms with van der Waals surface area (Å²) in [7, 11) is 0.548. The summed E-state index contributed by atoms with van der Waals surface area (Å²) in [6.45, 7) is 1.88. The zero-order valence-corrected chi connectivity index (χ0v) is 20.7. The monoisotopic (exact) mass is 504 g/mol. The van der Waals surface area contributed by atoms with Crippen LogP contribution in [0.3, 0.4) is 0 Å². The van der Waals surface area contributed by atoms with Crippen LogP contribution >= 0.6 is 0 Å². The Morgan fingerprint density at radius 3 is 2.44 bits per heavy atom. The van der Waals surface area contributed by atoms with Crippen molar-refractivity contribution in [3.63, 3.8) is 0 Å². The van der Waals surface area contributed by atoms with Crippen molar-refractivity contribution >= 4 is 27.6 Å². The van der Waals surface area contributed by atoms with Crippen molar-refractivity contribution in [3.8, 4) is 17.1 Å². The van der Waals surface area contributed by atoms with Gasteiger partial charge in [-0.15, -0.1) is 0 Å². The summed E-state index contributed by atoms with van der Waals surface area (Å²) in [6.07, 6.45) is 8.76. The Morgan fingerprint density at radius 1 is 1.03 bits per heavy atom. The van der Waals surface area contributed by atoms with Gasteiger partial charge in [-0.05, 0) is 42.8 Å². The smallest absolute Gasteiger partial charge is 0.323 e. The Morgan fingerprint density at radius 2 is 1.78 bits per heavy atom. The van der Waals surface area contributed by atoms with E-state index in [-0.39, 0.29) is 11.5 Å². The molecule has 4 aromatic heterocycles. The number of imidazole rings is 2. The molecule has 0 aliphatic heterocycles. The molecule has 4 heterocycles. The number of hydrogen-bond acceptors (Lipinski definition) is 7. The summed E-state index contributed by atoms with van der Waals surface area (Å²) in [5.74, 6) is 1.15. The number of carbonyl (C=O) groups excluding carboxylic acids is 1. The van der Waals surface area contributed by atoms with Crippen LogP contribution in [0.5, 0.6) is 5.75 Å². The van der Waals surface area contributed by atoms with Crippen LogP contribution in [0.4, 0.5) is 0 Å². The summed E-state index contributed by atoms with van der Waals surface area (Å²) in [5.41, 5.74) is 3.67. The molecular weight excluding hydrogens is 480 g/mol. The molecule has 5 rings (SSSR count). The van der Waals surface area contributed by atoms with Crippen molar-refractivity contribution in [3.05, 3.63) is 88.6 Å². The number of pyridine rings is 2. The van der Waals surface area contributed by atoms with Gasteiger partial charge in [-0.2, -0.15) is 0 Å². The van der Waals surface area contributed by atoms with Crippen LogP contribution < -0.4 is 10.4 Å². The first-order valence-corrected chi connectivity index (χ1v) is 12.5. The van der Waals surface area contributed by atoms with Crippen molar-refractivity contribution in [2.24, 2.45) is 0 Å². The van der Waals surface area contributed by atoms with Crippen molar-refractivity contribution in [2.75, 3.05) is 13.4 Å². The largest absolute Gasteiger partial charge is 0.496 e. The number of ketones is 1. The number of carbonyl (C=O) groups is 1. The van der Waals surface area contributed by atoms with E-state index in [1.54, 1.807) is 56.4 Å². The molecule has 0 aliphatic carbocycles. The lowest BCUT2D eigenvalue weighted by molar-refractivity contribution is 0.103. The molecule has 0 spiro atoms.